The van der Waals surface area contributed by atoms with Crippen molar-refractivity contribution in [2.75, 3.05) is 7.11 Å². The lowest BCUT2D eigenvalue weighted by atomic mass is 10.2. The van der Waals surface area contributed by atoms with E-state index in [9.17, 15) is 19.7 Å². The van der Waals surface area contributed by atoms with E-state index in [2.05, 4.69) is 14.8 Å². The summed E-state index contributed by atoms with van der Waals surface area (Å²) in [7, 11) is 1.19. The number of esters is 1. The van der Waals surface area contributed by atoms with Gasteiger partial charge < -0.3 is 13.9 Å². The van der Waals surface area contributed by atoms with Crippen molar-refractivity contribution in [1.29, 1.82) is 0 Å². The first-order chi connectivity index (χ1) is 18.7. The lowest BCUT2D eigenvalue weighted by Crippen LogP contribution is -2.25. The second-order valence-electron chi connectivity index (χ2n) is 8.37. The molecule has 0 radical (unpaired) electrons. The molecule has 0 aliphatic carbocycles. The van der Waals surface area contributed by atoms with E-state index in [-0.39, 0.29) is 17.3 Å². The van der Waals surface area contributed by atoms with Gasteiger partial charge in [0.05, 0.1) is 29.2 Å². The normalized spacial score (nSPS) is 12.2. The molecular weight excluding hydrogens is 528 g/mol. The van der Waals surface area contributed by atoms with Crippen molar-refractivity contribution in [2.24, 2.45) is 5.10 Å². The summed E-state index contributed by atoms with van der Waals surface area (Å²) in [6.07, 6.45) is 0.221. The summed E-state index contributed by atoms with van der Waals surface area (Å²) in [5.74, 6) is -0.401. The fraction of sp³-hybridized carbons (Fsp3) is 0.111. The van der Waals surface area contributed by atoms with Crippen molar-refractivity contribution >= 4 is 51.3 Å². The molecule has 0 fully saturated rings. The Morgan fingerprint density at radius 3 is 2.74 bits per heavy atom. The van der Waals surface area contributed by atoms with Crippen molar-refractivity contribution in [3.63, 3.8) is 0 Å². The van der Waals surface area contributed by atoms with Gasteiger partial charge in [-0.3, -0.25) is 14.9 Å². The molecule has 0 amide bonds. The Labute approximate surface area is 225 Å². The molecule has 2 heterocycles. The number of furan rings is 1. The molecule has 2 aromatic heterocycles. The third-order valence-corrected chi connectivity index (χ3v) is 6.03. The second-order valence-corrected chi connectivity index (χ2v) is 8.81. The molecule has 0 N–H and O–H groups in total. The minimum absolute atomic E-state index is 0.124. The van der Waals surface area contributed by atoms with Gasteiger partial charge in [0.2, 0.25) is 5.82 Å². The molecule has 39 heavy (non-hydrogen) atoms. The van der Waals surface area contributed by atoms with Gasteiger partial charge in [-0.05, 0) is 55.5 Å². The molecule has 5 rings (SSSR count). The Morgan fingerprint density at radius 2 is 1.97 bits per heavy atom. The first-order valence-electron chi connectivity index (χ1n) is 11.5. The third kappa shape index (κ3) is 5.07. The van der Waals surface area contributed by atoms with E-state index in [1.807, 2.05) is 0 Å². The van der Waals surface area contributed by atoms with E-state index in [0.29, 0.717) is 32.5 Å². The molecule has 196 valence electrons. The summed E-state index contributed by atoms with van der Waals surface area (Å²) in [5, 5.41) is 17.6. The van der Waals surface area contributed by atoms with Crippen LogP contribution < -0.4 is 10.3 Å². The van der Waals surface area contributed by atoms with Crippen LogP contribution in [0.3, 0.4) is 0 Å². The molecule has 0 bridgehead atoms. The smallest absolute Gasteiger partial charge is 0.346 e. The molecule has 5 aromatic rings. The van der Waals surface area contributed by atoms with Gasteiger partial charge in [0.15, 0.2) is 17.6 Å². The topological polar surface area (TPSA) is 139 Å². The molecule has 1 atom stereocenters. The van der Waals surface area contributed by atoms with E-state index in [0.717, 1.165) is 4.68 Å². The van der Waals surface area contributed by atoms with E-state index in [1.54, 1.807) is 48.5 Å². The fourth-order valence-electron chi connectivity index (χ4n) is 3.90. The Balaban J connectivity index is 1.60. The van der Waals surface area contributed by atoms with Gasteiger partial charge in [-0.2, -0.15) is 9.78 Å². The number of benzene rings is 3. The molecule has 0 saturated heterocycles. The van der Waals surface area contributed by atoms with Gasteiger partial charge in [-0.15, -0.1) is 0 Å². The van der Waals surface area contributed by atoms with Crippen molar-refractivity contribution in [2.45, 2.75) is 13.0 Å². The van der Waals surface area contributed by atoms with Crippen LogP contribution in [-0.4, -0.2) is 40.0 Å². The first-order valence-corrected chi connectivity index (χ1v) is 11.9. The summed E-state index contributed by atoms with van der Waals surface area (Å²) in [6, 6.07) is 17.6. The number of aromatic nitrogens is 2. The minimum Gasteiger partial charge on any atom is -0.472 e. The minimum atomic E-state index is -1.06. The van der Waals surface area contributed by atoms with Crippen LogP contribution in [0.2, 0.25) is 5.02 Å². The Hall–Kier alpha value is -5.03. The molecule has 0 saturated carbocycles. The van der Waals surface area contributed by atoms with Crippen LogP contribution in [0.5, 0.6) is 5.75 Å². The average Bonchev–Trinajstić information content (AvgIpc) is 3.35. The number of hydrogen-bond acceptors (Lipinski definition) is 9. The fourth-order valence-corrected chi connectivity index (χ4v) is 4.08. The number of carbonyl (C=O) groups excluding carboxylic acids is 1. The number of nitrogens with zero attached hydrogens (tertiary/aromatic N) is 4. The predicted molar refractivity (Wildman–Crippen MR) is 144 cm³/mol. The monoisotopic (exact) mass is 546 g/mol. The van der Waals surface area contributed by atoms with E-state index in [4.69, 9.17) is 20.8 Å². The number of hydrogen-bond donors (Lipinski definition) is 0. The highest BCUT2D eigenvalue weighted by molar-refractivity contribution is 6.31. The van der Waals surface area contributed by atoms with Crippen LogP contribution in [0.1, 0.15) is 12.5 Å². The number of fused-ring (bicyclic) bond motifs is 2. The van der Waals surface area contributed by atoms with Crippen LogP contribution in [0.4, 0.5) is 5.69 Å². The summed E-state index contributed by atoms with van der Waals surface area (Å²) < 4.78 is 17.0. The predicted octanol–water partition coefficient (Wildman–Crippen LogP) is 5.19. The maximum Gasteiger partial charge on any atom is 0.346 e. The number of methoxy groups -OCH3 is 1. The zero-order valence-electron chi connectivity index (χ0n) is 20.5. The maximum absolute atomic E-state index is 13.4. The van der Waals surface area contributed by atoms with E-state index >= 15 is 0 Å². The number of rotatable bonds is 7. The van der Waals surface area contributed by atoms with Crippen molar-refractivity contribution in [1.82, 2.24) is 9.66 Å². The molecule has 0 spiro atoms. The lowest BCUT2D eigenvalue weighted by molar-refractivity contribution is -0.386. The second kappa shape index (κ2) is 10.4. The number of halogens is 1. The van der Waals surface area contributed by atoms with Crippen molar-refractivity contribution in [3.05, 3.63) is 97.8 Å². The highest BCUT2D eigenvalue weighted by atomic mass is 35.5. The van der Waals surface area contributed by atoms with Gasteiger partial charge in [0, 0.05) is 22.0 Å². The molecule has 0 aliphatic heterocycles. The van der Waals surface area contributed by atoms with Crippen LogP contribution in [-0.2, 0) is 9.53 Å². The molecule has 12 heteroatoms. The largest absolute Gasteiger partial charge is 0.472 e. The number of para-hydroxylation sites is 1. The molecule has 11 nitrogen and oxygen atoms in total. The zero-order valence-corrected chi connectivity index (χ0v) is 21.3. The van der Waals surface area contributed by atoms with Gasteiger partial charge in [-0.25, -0.2) is 9.78 Å². The summed E-state index contributed by atoms with van der Waals surface area (Å²) >= 11 is 6.11. The summed E-state index contributed by atoms with van der Waals surface area (Å²) in [6.45, 7) is 1.41. The number of nitro groups is 1. The van der Waals surface area contributed by atoms with Gasteiger partial charge in [0.25, 0.3) is 5.56 Å². The van der Waals surface area contributed by atoms with Crippen molar-refractivity contribution in [3.8, 4) is 17.3 Å². The van der Waals surface area contributed by atoms with Gasteiger partial charge in [0.1, 0.15) is 5.58 Å². The number of ether oxygens (including phenoxy) is 2. The van der Waals surface area contributed by atoms with E-state index in [1.165, 1.54) is 38.4 Å². The maximum atomic E-state index is 13.4. The van der Waals surface area contributed by atoms with E-state index < -0.39 is 28.2 Å². The highest BCUT2D eigenvalue weighted by Crippen LogP contribution is 2.30. The first kappa shape index (κ1) is 25.6. The van der Waals surface area contributed by atoms with Crippen molar-refractivity contribution < 1.29 is 23.6 Å². The highest BCUT2D eigenvalue weighted by Gasteiger charge is 2.22. The molecule has 3 aromatic carbocycles. The molecule has 0 unspecified atom stereocenters. The van der Waals surface area contributed by atoms with Crippen LogP contribution in [0.25, 0.3) is 33.5 Å². The van der Waals surface area contributed by atoms with Gasteiger partial charge in [-0.1, -0.05) is 23.7 Å². The Bertz CT molecular complexity index is 1840. The Morgan fingerprint density at radius 1 is 1.18 bits per heavy atom. The quantitative estimate of drug-likeness (QED) is 0.117. The SMILES string of the molecule is COC(=O)[C@@H](C)Oc1ccc(C=Nn2c(-c3cc4cc(Cl)ccc4o3)nc3ccccc3c2=O)cc1[N+](=O)[O-]. The van der Waals surface area contributed by atoms with Gasteiger partial charge >= 0.3 is 11.7 Å². The standard InChI is InChI=1S/C27H19ClN4O7/c1-15(27(34)37-2)38-23-9-7-16(11-21(23)32(35)36)14-29-31-25(30-20-6-4-3-5-19(20)26(31)33)24-13-17-12-18(28)8-10-22(17)39-24/h3-15H,1-2H3/t15-/m1/s1. The summed E-state index contributed by atoms with van der Waals surface area (Å²) in [4.78, 5) is 40.8. The summed E-state index contributed by atoms with van der Waals surface area (Å²) in [5.41, 5.74) is 0.418. The van der Waals surface area contributed by atoms with Crippen LogP contribution >= 0.6 is 11.6 Å². The molecular formula is C27H19ClN4O7. The van der Waals surface area contributed by atoms with Crippen LogP contribution in [0, 0.1) is 10.1 Å². The molecule has 0 aliphatic rings. The lowest BCUT2D eigenvalue weighted by Gasteiger charge is -2.12. The average molecular weight is 547 g/mol. The zero-order chi connectivity index (χ0) is 27.7. The van der Waals surface area contributed by atoms with Crippen LogP contribution in [0.15, 0.2) is 81.0 Å². The third-order valence-electron chi connectivity index (χ3n) is 5.79. The number of carbonyl (C=O) groups is 1. The number of nitro benzene ring substituents is 1. The Kier molecular flexibility index (Phi) is 6.82.